The third-order valence-electron chi connectivity index (χ3n) is 2.49. The van der Waals surface area contributed by atoms with E-state index < -0.39 is 0 Å². The third kappa shape index (κ3) is 3.32. The van der Waals surface area contributed by atoms with Crippen LogP contribution in [0.15, 0.2) is 6.33 Å². The Balaban J connectivity index is 2.74. The SMILES string of the molecule is CCCCCN(C)c1ncnc(Cl)c1CO. The summed E-state index contributed by atoms with van der Waals surface area (Å²) in [5.74, 6) is 0.721. The molecule has 1 N–H and O–H groups in total. The van der Waals surface area contributed by atoms with Gasteiger partial charge in [0.1, 0.15) is 17.3 Å². The number of hydrogen-bond donors (Lipinski definition) is 1. The molecule has 0 spiro atoms. The minimum atomic E-state index is -0.132. The van der Waals surface area contributed by atoms with E-state index >= 15 is 0 Å². The van der Waals surface area contributed by atoms with E-state index in [2.05, 4.69) is 16.9 Å². The molecule has 0 amide bonds. The van der Waals surface area contributed by atoms with Gasteiger partial charge in [-0.2, -0.15) is 0 Å². The predicted octanol–water partition coefficient (Wildman–Crippen LogP) is 2.25. The zero-order valence-corrected chi connectivity index (χ0v) is 10.5. The lowest BCUT2D eigenvalue weighted by molar-refractivity contribution is 0.281. The zero-order chi connectivity index (χ0) is 12.0. The van der Waals surface area contributed by atoms with Crippen LogP contribution in [-0.4, -0.2) is 28.7 Å². The number of nitrogens with zero attached hydrogens (tertiary/aromatic N) is 3. The van der Waals surface area contributed by atoms with Crippen molar-refractivity contribution in [2.45, 2.75) is 32.8 Å². The van der Waals surface area contributed by atoms with Crippen molar-refractivity contribution in [3.63, 3.8) is 0 Å². The molecule has 1 heterocycles. The molecular weight excluding hydrogens is 226 g/mol. The predicted molar refractivity (Wildman–Crippen MR) is 65.8 cm³/mol. The summed E-state index contributed by atoms with van der Waals surface area (Å²) < 4.78 is 0. The molecule has 16 heavy (non-hydrogen) atoms. The van der Waals surface area contributed by atoms with Crippen molar-refractivity contribution in [2.24, 2.45) is 0 Å². The highest BCUT2D eigenvalue weighted by atomic mass is 35.5. The first kappa shape index (κ1) is 13.2. The van der Waals surface area contributed by atoms with Crippen LogP contribution in [0.2, 0.25) is 5.15 Å². The molecule has 0 fully saturated rings. The van der Waals surface area contributed by atoms with Crippen molar-refractivity contribution in [1.82, 2.24) is 9.97 Å². The molecule has 0 unspecified atom stereocenters. The number of aliphatic hydroxyl groups is 1. The number of aromatic nitrogens is 2. The molecule has 0 aromatic carbocycles. The monoisotopic (exact) mass is 243 g/mol. The van der Waals surface area contributed by atoms with Crippen molar-refractivity contribution >= 4 is 17.4 Å². The summed E-state index contributed by atoms with van der Waals surface area (Å²) in [4.78, 5) is 10.0. The summed E-state index contributed by atoms with van der Waals surface area (Å²) in [6.07, 6.45) is 4.91. The maximum Gasteiger partial charge on any atom is 0.140 e. The van der Waals surface area contributed by atoms with Gasteiger partial charge in [0.15, 0.2) is 0 Å². The second kappa shape index (κ2) is 6.66. The van der Waals surface area contributed by atoms with Crippen molar-refractivity contribution < 1.29 is 5.11 Å². The number of halogens is 1. The largest absolute Gasteiger partial charge is 0.391 e. The molecule has 0 atom stereocenters. The quantitative estimate of drug-likeness (QED) is 0.615. The summed E-state index contributed by atoms with van der Waals surface area (Å²) in [5.41, 5.74) is 0.600. The summed E-state index contributed by atoms with van der Waals surface area (Å²) in [7, 11) is 1.95. The molecule has 1 rings (SSSR count). The van der Waals surface area contributed by atoms with E-state index in [1.807, 2.05) is 11.9 Å². The second-order valence-corrected chi connectivity index (χ2v) is 4.11. The van der Waals surface area contributed by atoms with Crippen LogP contribution >= 0.6 is 11.6 Å². The van der Waals surface area contributed by atoms with Gasteiger partial charge in [-0.3, -0.25) is 0 Å². The highest BCUT2D eigenvalue weighted by Gasteiger charge is 2.12. The summed E-state index contributed by atoms with van der Waals surface area (Å²) in [5, 5.41) is 9.56. The Kier molecular flexibility index (Phi) is 5.49. The first-order valence-electron chi connectivity index (χ1n) is 5.52. The van der Waals surface area contributed by atoms with Crippen LogP contribution in [-0.2, 0) is 6.61 Å². The van der Waals surface area contributed by atoms with E-state index in [4.69, 9.17) is 11.6 Å². The van der Waals surface area contributed by atoms with Crippen LogP contribution in [0.4, 0.5) is 5.82 Å². The van der Waals surface area contributed by atoms with Crippen LogP contribution in [0.1, 0.15) is 31.7 Å². The van der Waals surface area contributed by atoms with Crippen molar-refractivity contribution in [3.8, 4) is 0 Å². The Morgan fingerprint density at radius 3 is 2.75 bits per heavy atom. The Morgan fingerprint density at radius 1 is 1.38 bits per heavy atom. The van der Waals surface area contributed by atoms with Gasteiger partial charge in [-0.05, 0) is 6.42 Å². The number of anilines is 1. The van der Waals surface area contributed by atoms with Gasteiger partial charge < -0.3 is 10.0 Å². The molecule has 0 bridgehead atoms. The summed E-state index contributed by atoms with van der Waals surface area (Å²) in [6.45, 7) is 2.95. The van der Waals surface area contributed by atoms with Gasteiger partial charge in [0.25, 0.3) is 0 Å². The maximum absolute atomic E-state index is 9.23. The van der Waals surface area contributed by atoms with E-state index in [0.717, 1.165) is 18.8 Å². The van der Waals surface area contributed by atoms with Crippen molar-refractivity contribution in [3.05, 3.63) is 17.0 Å². The maximum atomic E-state index is 9.23. The Morgan fingerprint density at radius 2 is 2.12 bits per heavy atom. The van der Waals surface area contributed by atoms with Crippen LogP contribution in [0.5, 0.6) is 0 Å². The minimum Gasteiger partial charge on any atom is -0.391 e. The van der Waals surface area contributed by atoms with Gasteiger partial charge in [0.2, 0.25) is 0 Å². The first-order chi connectivity index (χ1) is 7.70. The van der Waals surface area contributed by atoms with E-state index in [-0.39, 0.29) is 6.61 Å². The lowest BCUT2D eigenvalue weighted by atomic mass is 10.2. The number of unbranched alkanes of at least 4 members (excludes halogenated alkanes) is 2. The van der Waals surface area contributed by atoms with Crippen LogP contribution in [0.3, 0.4) is 0 Å². The molecule has 4 nitrogen and oxygen atoms in total. The molecule has 5 heteroatoms. The number of rotatable bonds is 6. The van der Waals surface area contributed by atoms with Crippen LogP contribution in [0, 0.1) is 0 Å². The number of hydrogen-bond acceptors (Lipinski definition) is 4. The molecule has 0 aliphatic carbocycles. The fourth-order valence-electron chi connectivity index (χ4n) is 1.55. The lowest BCUT2D eigenvalue weighted by Crippen LogP contribution is -2.21. The zero-order valence-electron chi connectivity index (χ0n) is 9.78. The van der Waals surface area contributed by atoms with E-state index in [9.17, 15) is 5.11 Å². The fourth-order valence-corrected chi connectivity index (χ4v) is 1.74. The first-order valence-corrected chi connectivity index (χ1v) is 5.89. The molecule has 1 aromatic rings. The topological polar surface area (TPSA) is 49.2 Å². The number of aliphatic hydroxyl groups excluding tert-OH is 1. The average Bonchev–Trinajstić information content (AvgIpc) is 2.29. The van der Waals surface area contributed by atoms with E-state index in [1.54, 1.807) is 0 Å². The smallest absolute Gasteiger partial charge is 0.140 e. The molecule has 1 aromatic heterocycles. The highest BCUT2D eigenvalue weighted by Crippen LogP contribution is 2.22. The molecule has 0 aliphatic rings. The molecule has 0 radical (unpaired) electrons. The van der Waals surface area contributed by atoms with Crippen molar-refractivity contribution in [2.75, 3.05) is 18.5 Å². The van der Waals surface area contributed by atoms with Gasteiger partial charge in [-0.1, -0.05) is 31.4 Å². The van der Waals surface area contributed by atoms with Gasteiger partial charge in [0, 0.05) is 13.6 Å². The fraction of sp³-hybridized carbons (Fsp3) is 0.636. The van der Waals surface area contributed by atoms with Gasteiger partial charge in [-0.15, -0.1) is 0 Å². The average molecular weight is 244 g/mol. The Labute approximate surface area is 101 Å². The molecule has 0 aliphatic heterocycles. The third-order valence-corrected chi connectivity index (χ3v) is 2.81. The molecule has 0 saturated carbocycles. The van der Waals surface area contributed by atoms with Gasteiger partial charge >= 0.3 is 0 Å². The highest BCUT2D eigenvalue weighted by molar-refractivity contribution is 6.30. The second-order valence-electron chi connectivity index (χ2n) is 3.75. The molecular formula is C11H18ClN3O. The van der Waals surface area contributed by atoms with Crippen molar-refractivity contribution in [1.29, 1.82) is 0 Å². The normalized spacial score (nSPS) is 10.5. The molecule has 90 valence electrons. The van der Waals surface area contributed by atoms with Gasteiger partial charge in [0.05, 0.1) is 12.2 Å². The summed E-state index contributed by atoms with van der Waals surface area (Å²) in [6, 6.07) is 0. The van der Waals surface area contributed by atoms with E-state index in [0.29, 0.717) is 10.7 Å². The Bertz CT molecular complexity index is 333. The summed E-state index contributed by atoms with van der Waals surface area (Å²) >= 11 is 5.90. The van der Waals surface area contributed by atoms with Gasteiger partial charge in [-0.25, -0.2) is 9.97 Å². The minimum absolute atomic E-state index is 0.132. The van der Waals surface area contributed by atoms with Crippen LogP contribution < -0.4 is 4.90 Å². The van der Waals surface area contributed by atoms with E-state index in [1.165, 1.54) is 19.2 Å². The molecule has 0 saturated heterocycles. The lowest BCUT2D eigenvalue weighted by Gasteiger charge is -2.20. The van der Waals surface area contributed by atoms with Crippen LogP contribution in [0.25, 0.3) is 0 Å². The standard InChI is InChI=1S/C11H18ClN3O/c1-3-4-5-6-15(2)11-9(7-16)10(12)13-8-14-11/h8,16H,3-7H2,1-2H3. The Hall–Kier alpha value is -0.870.